The Morgan fingerprint density at radius 1 is 1.29 bits per heavy atom. The molecule has 0 aromatic heterocycles. The molecule has 2 fully saturated rings. The summed E-state index contributed by atoms with van der Waals surface area (Å²) < 4.78 is 0. The highest BCUT2D eigenvalue weighted by atomic mass is 16.2. The molecule has 6 heteroatoms. The number of hydrogen-bond acceptors (Lipinski definition) is 3. The fourth-order valence-corrected chi connectivity index (χ4v) is 3.06. The summed E-state index contributed by atoms with van der Waals surface area (Å²) in [4.78, 5) is 37.7. The minimum absolute atomic E-state index is 0.0464. The van der Waals surface area contributed by atoms with E-state index >= 15 is 0 Å². The fourth-order valence-electron chi connectivity index (χ4n) is 3.06. The predicted molar refractivity (Wildman–Crippen MR) is 78.6 cm³/mol. The smallest absolute Gasteiger partial charge is 0.325 e. The topological polar surface area (TPSA) is 78.5 Å². The third kappa shape index (κ3) is 3.36. The molecule has 4 amide bonds. The molecule has 1 heterocycles. The van der Waals surface area contributed by atoms with Gasteiger partial charge in [-0.3, -0.25) is 14.5 Å². The van der Waals surface area contributed by atoms with Gasteiger partial charge >= 0.3 is 6.03 Å². The van der Waals surface area contributed by atoms with E-state index in [2.05, 4.69) is 10.6 Å². The normalized spacial score (nSPS) is 22.9. The van der Waals surface area contributed by atoms with Crippen LogP contribution in [-0.4, -0.2) is 40.9 Å². The van der Waals surface area contributed by atoms with Crippen molar-refractivity contribution in [3.63, 3.8) is 0 Å². The summed E-state index contributed by atoms with van der Waals surface area (Å²) in [5.41, 5.74) is -0.760. The third-order valence-electron chi connectivity index (χ3n) is 4.52. The van der Waals surface area contributed by atoms with E-state index in [0.717, 1.165) is 37.0 Å². The Morgan fingerprint density at radius 3 is 2.48 bits per heavy atom. The lowest BCUT2D eigenvalue weighted by Gasteiger charge is -2.24. The van der Waals surface area contributed by atoms with Crippen LogP contribution in [0.25, 0.3) is 0 Å². The summed E-state index contributed by atoms with van der Waals surface area (Å²) in [6.07, 6.45) is 6.26. The number of amides is 4. The van der Waals surface area contributed by atoms with Crippen molar-refractivity contribution < 1.29 is 14.4 Å². The van der Waals surface area contributed by atoms with Gasteiger partial charge in [0.1, 0.15) is 12.1 Å². The maximum atomic E-state index is 12.6. The van der Waals surface area contributed by atoms with E-state index in [1.807, 2.05) is 13.8 Å². The molecule has 1 unspecified atom stereocenters. The number of carbonyl (C=O) groups excluding carboxylic acids is 3. The van der Waals surface area contributed by atoms with E-state index in [1.165, 1.54) is 0 Å². The van der Waals surface area contributed by atoms with Crippen LogP contribution in [0.2, 0.25) is 0 Å². The fraction of sp³-hybridized carbons (Fsp3) is 0.800. The zero-order chi connectivity index (χ0) is 15.5. The molecule has 1 spiro atoms. The first-order chi connectivity index (χ1) is 9.98. The first-order valence-corrected chi connectivity index (χ1v) is 7.92. The molecule has 0 bridgehead atoms. The lowest BCUT2D eigenvalue weighted by Crippen LogP contribution is -2.47. The van der Waals surface area contributed by atoms with Crippen LogP contribution in [0.1, 0.15) is 58.8 Å². The van der Waals surface area contributed by atoms with Crippen molar-refractivity contribution in [1.29, 1.82) is 0 Å². The van der Waals surface area contributed by atoms with Gasteiger partial charge in [-0.05, 0) is 26.2 Å². The van der Waals surface area contributed by atoms with Crippen molar-refractivity contribution in [1.82, 2.24) is 15.5 Å². The zero-order valence-electron chi connectivity index (χ0n) is 12.9. The van der Waals surface area contributed by atoms with Crippen molar-refractivity contribution in [2.45, 2.75) is 70.4 Å². The highest BCUT2D eigenvalue weighted by Crippen LogP contribution is 2.32. The van der Waals surface area contributed by atoms with Gasteiger partial charge in [-0.1, -0.05) is 32.6 Å². The molecule has 6 nitrogen and oxygen atoms in total. The number of nitrogens with one attached hydrogen (secondary N) is 2. The molecule has 1 saturated heterocycles. The van der Waals surface area contributed by atoms with Gasteiger partial charge < -0.3 is 10.6 Å². The summed E-state index contributed by atoms with van der Waals surface area (Å²) in [7, 11) is 0. The van der Waals surface area contributed by atoms with Crippen LogP contribution in [0.3, 0.4) is 0 Å². The average molecular weight is 295 g/mol. The van der Waals surface area contributed by atoms with Gasteiger partial charge in [0.2, 0.25) is 5.91 Å². The van der Waals surface area contributed by atoms with Gasteiger partial charge in [-0.2, -0.15) is 0 Å². The van der Waals surface area contributed by atoms with E-state index < -0.39 is 11.6 Å². The molecular formula is C15H25N3O3. The zero-order valence-corrected chi connectivity index (χ0v) is 12.9. The first-order valence-electron chi connectivity index (χ1n) is 7.92. The van der Waals surface area contributed by atoms with Gasteiger partial charge in [0, 0.05) is 6.04 Å². The van der Waals surface area contributed by atoms with Crippen molar-refractivity contribution in [2.24, 2.45) is 0 Å². The Labute approximate surface area is 125 Å². The first kappa shape index (κ1) is 15.8. The summed E-state index contributed by atoms with van der Waals surface area (Å²) in [5, 5.41) is 5.63. The molecule has 1 atom stereocenters. The standard InChI is InChI=1S/C15H25N3O3/c1-3-11(2)16-12(19)10-18-13(20)15(17-14(18)21)8-6-4-5-7-9-15/h11H,3-10H2,1-2H3,(H,16,19)(H,17,21). The van der Waals surface area contributed by atoms with Gasteiger partial charge in [0.05, 0.1) is 0 Å². The van der Waals surface area contributed by atoms with E-state index in [4.69, 9.17) is 0 Å². The minimum atomic E-state index is -0.760. The van der Waals surface area contributed by atoms with E-state index in [9.17, 15) is 14.4 Å². The van der Waals surface area contributed by atoms with Crippen molar-refractivity contribution >= 4 is 17.8 Å². The summed E-state index contributed by atoms with van der Waals surface area (Å²) >= 11 is 0. The summed E-state index contributed by atoms with van der Waals surface area (Å²) in [6.45, 7) is 3.69. The molecule has 1 aliphatic heterocycles. The van der Waals surface area contributed by atoms with Gasteiger partial charge in [0.15, 0.2) is 0 Å². The molecule has 2 rings (SSSR count). The highest BCUT2D eigenvalue weighted by Gasteiger charge is 2.51. The summed E-state index contributed by atoms with van der Waals surface area (Å²) in [5.74, 6) is -0.507. The average Bonchev–Trinajstić information content (AvgIpc) is 2.64. The molecule has 21 heavy (non-hydrogen) atoms. The Hall–Kier alpha value is -1.59. The Balaban J connectivity index is 2.02. The molecule has 0 aromatic carbocycles. The predicted octanol–water partition coefficient (Wildman–Crippen LogP) is 1.55. The van der Waals surface area contributed by atoms with Crippen LogP contribution >= 0.6 is 0 Å². The monoisotopic (exact) mass is 295 g/mol. The number of hydrogen-bond donors (Lipinski definition) is 2. The van der Waals surface area contributed by atoms with Crippen LogP contribution in [-0.2, 0) is 9.59 Å². The SMILES string of the molecule is CCC(C)NC(=O)CN1C(=O)NC2(CCCCCC2)C1=O. The second-order valence-corrected chi connectivity index (χ2v) is 6.19. The third-order valence-corrected chi connectivity index (χ3v) is 4.52. The van der Waals surface area contributed by atoms with Crippen molar-refractivity contribution in [2.75, 3.05) is 6.54 Å². The molecule has 1 saturated carbocycles. The van der Waals surface area contributed by atoms with Gasteiger partial charge in [0.25, 0.3) is 5.91 Å². The Morgan fingerprint density at radius 2 is 1.90 bits per heavy atom. The van der Waals surface area contributed by atoms with E-state index in [0.29, 0.717) is 12.8 Å². The molecular weight excluding hydrogens is 270 g/mol. The van der Waals surface area contributed by atoms with Crippen molar-refractivity contribution in [3.8, 4) is 0 Å². The van der Waals surface area contributed by atoms with Crippen LogP contribution in [0.5, 0.6) is 0 Å². The van der Waals surface area contributed by atoms with E-state index in [-0.39, 0.29) is 24.4 Å². The van der Waals surface area contributed by atoms with Gasteiger partial charge in [-0.15, -0.1) is 0 Å². The molecule has 2 N–H and O–H groups in total. The van der Waals surface area contributed by atoms with Crippen molar-refractivity contribution in [3.05, 3.63) is 0 Å². The maximum absolute atomic E-state index is 12.6. The molecule has 1 aliphatic carbocycles. The van der Waals surface area contributed by atoms with Crippen LogP contribution in [0, 0.1) is 0 Å². The lowest BCUT2D eigenvalue weighted by atomic mass is 9.90. The number of carbonyl (C=O) groups is 3. The Kier molecular flexibility index (Phi) is 4.85. The molecule has 0 aromatic rings. The van der Waals surface area contributed by atoms with E-state index in [1.54, 1.807) is 0 Å². The molecule has 0 radical (unpaired) electrons. The molecule has 118 valence electrons. The van der Waals surface area contributed by atoms with Crippen LogP contribution < -0.4 is 10.6 Å². The largest absolute Gasteiger partial charge is 0.352 e. The maximum Gasteiger partial charge on any atom is 0.325 e. The van der Waals surface area contributed by atoms with Crippen LogP contribution in [0.4, 0.5) is 4.79 Å². The summed E-state index contributed by atoms with van der Waals surface area (Å²) in [6, 6.07) is -0.383. The second kappa shape index (κ2) is 6.45. The Bertz CT molecular complexity index is 428. The number of rotatable bonds is 4. The second-order valence-electron chi connectivity index (χ2n) is 6.19. The van der Waals surface area contributed by atoms with Crippen LogP contribution in [0.15, 0.2) is 0 Å². The number of nitrogens with zero attached hydrogens (tertiary/aromatic N) is 1. The van der Waals surface area contributed by atoms with Gasteiger partial charge in [-0.25, -0.2) is 4.79 Å². The number of imide groups is 1. The minimum Gasteiger partial charge on any atom is -0.352 e. The molecule has 2 aliphatic rings. The highest BCUT2D eigenvalue weighted by molar-refractivity contribution is 6.09. The quantitative estimate of drug-likeness (QED) is 0.772. The lowest BCUT2D eigenvalue weighted by molar-refractivity contribution is -0.135. The number of urea groups is 1.